The molecule has 0 radical (unpaired) electrons. The van der Waals surface area contributed by atoms with Crippen LogP contribution in [0, 0.1) is 0 Å². The zero-order valence-electron chi connectivity index (χ0n) is 19.5. The van der Waals surface area contributed by atoms with Crippen molar-refractivity contribution >= 4 is 17.5 Å². The molecule has 4 atom stereocenters. The predicted molar refractivity (Wildman–Crippen MR) is 126 cm³/mol. The lowest BCUT2D eigenvalue weighted by Crippen LogP contribution is -2.50. The van der Waals surface area contributed by atoms with E-state index in [1.807, 2.05) is 24.4 Å². The zero-order chi connectivity index (χ0) is 22.7. The van der Waals surface area contributed by atoms with Gasteiger partial charge in [-0.15, -0.1) is 0 Å². The molecule has 2 saturated heterocycles. The summed E-state index contributed by atoms with van der Waals surface area (Å²) in [6.07, 6.45) is 3.49. The standard InChI is InChI=1S/C25H34N4O3/c1-17(13-20(4)30)21-5-7-22(8-6-21)32-23-10-12-28(14-23)24-9-11-26-25(27-24)29-18(2)15-31-16-19(29)3/h5-9,11,17-19,23H,10,12-16H2,1-4H3/t17-,18-,19+,23-/m1/s1. The number of carbonyl (C=O) groups is 1. The van der Waals surface area contributed by atoms with Crippen LogP contribution in [0.5, 0.6) is 5.75 Å². The predicted octanol–water partition coefficient (Wildman–Crippen LogP) is 3.83. The fourth-order valence-corrected chi connectivity index (χ4v) is 4.69. The van der Waals surface area contributed by atoms with Gasteiger partial charge in [0.15, 0.2) is 0 Å². The molecule has 0 aliphatic carbocycles. The van der Waals surface area contributed by atoms with E-state index in [0.717, 1.165) is 37.0 Å². The van der Waals surface area contributed by atoms with Gasteiger partial charge in [-0.05, 0) is 50.5 Å². The Morgan fingerprint density at radius 3 is 2.59 bits per heavy atom. The zero-order valence-corrected chi connectivity index (χ0v) is 19.5. The van der Waals surface area contributed by atoms with E-state index in [-0.39, 0.29) is 29.9 Å². The lowest BCUT2D eigenvalue weighted by molar-refractivity contribution is -0.117. The molecule has 4 rings (SSSR count). The average molecular weight is 439 g/mol. The summed E-state index contributed by atoms with van der Waals surface area (Å²) in [6, 6.07) is 10.6. The number of anilines is 2. The van der Waals surface area contributed by atoms with E-state index in [1.54, 1.807) is 6.92 Å². The van der Waals surface area contributed by atoms with E-state index in [1.165, 1.54) is 5.56 Å². The highest BCUT2D eigenvalue weighted by molar-refractivity contribution is 5.76. The maximum absolute atomic E-state index is 11.4. The molecule has 0 spiro atoms. The first-order chi connectivity index (χ1) is 15.4. The van der Waals surface area contributed by atoms with Crippen molar-refractivity contribution in [1.29, 1.82) is 0 Å². The number of ketones is 1. The maximum Gasteiger partial charge on any atom is 0.227 e. The summed E-state index contributed by atoms with van der Waals surface area (Å²) in [5.41, 5.74) is 1.17. The monoisotopic (exact) mass is 438 g/mol. The molecule has 1 aromatic heterocycles. The molecule has 2 aliphatic heterocycles. The van der Waals surface area contributed by atoms with Crippen molar-refractivity contribution in [3.8, 4) is 5.75 Å². The minimum atomic E-state index is 0.121. The van der Waals surface area contributed by atoms with E-state index < -0.39 is 0 Å². The van der Waals surface area contributed by atoms with Crippen LogP contribution >= 0.6 is 0 Å². The molecule has 0 amide bonds. The Hall–Kier alpha value is -2.67. The van der Waals surface area contributed by atoms with E-state index >= 15 is 0 Å². The number of morpholine rings is 1. The minimum absolute atomic E-state index is 0.121. The van der Waals surface area contributed by atoms with Crippen LogP contribution in [0.3, 0.4) is 0 Å². The highest BCUT2D eigenvalue weighted by Crippen LogP contribution is 2.27. The van der Waals surface area contributed by atoms with Crippen LogP contribution in [-0.2, 0) is 9.53 Å². The Balaban J connectivity index is 1.37. The molecule has 2 fully saturated rings. The molecule has 172 valence electrons. The Morgan fingerprint density at radius 2 is 1.91 bits per heavy atom. The van der Waals surface area contributed by atoms with E-state index in [2.05, 4.69) is 47.7 Å². The van der Waals surface area contributed by atoms with Crippen LogP contribution in [0.1, 0.15) is 52.0 Å². The Morgan fingerprint density at radius 1 is 1.19 bits per heavy atom. The molecular formula is C25H34N4O3. The minimum Gasteiger partial charge on any atom is -0.489 e. The van der Waals surface area contributed by atoms with Crippen molar-refractivity contribution in [3.05, 3.63) is 42.1 Å². The van der Waals surface area contributed by atoms with Gasteiger partial charge in [0, 0.05) is 25.6 Å². The molecule has 7 heteroatoms. The van der Waals surface area contributed by atoms with E-state index in [9.17, 15) is 4.79 Å². The highest BCUT2D eigenvalue weighted by Gasteiger charge is 2.29. The summed E-state index contributed by atoms with van der Waals surface area (Å²) in [5, 5.41) is 0. The number of hydrogen-bond acceptors (Lipinski definition) is 7. The second-order valence-corrected chi connectivity index (χ2v) is 9.21. The Kier molecular flexibility index (Phi) is 6.94. The first kappa shape index (κ1) is 22.5. The SMILES string of the molecule is CC(=O)C[C@@H](C)c1ccc(O[C@@H]2CCN(c3ccnc(N4[C@H](C)COC[C@@H]4C)n3)C2)cc1. The van der Waals surface area contributed by atoms with Gasteiger partial charge in [0.25, 0.3) is 0 Å². The van der Waals surface area contributed by atoms with Crippen molar-refractivity contribution in [2.24, 2.45) is 0 Å². The van der Waals surface area contributed by atoms with Crippen LogP contribution in [0.2, 0.25) is 0 Å². The first-order valence-corrected chi connectivity index (χ1v) is 11.6. The molecular weight excluding hydrogens is 404 g/mol. The lowest BCUT2D eigenvalue weighted by Gasteiger charge is -2.39. The number of carbonyl (C=O) groups excluding carboxylic acids is 1. The topological polar surface area (TPSA) is 67.8 Å². The molecule has 7 nitrogen and oxygen atoms in total. The summed E-state index contributed by atoms with van der Waals surface area (Å²) in [6.45, 7) is 11.1. The number of nitrogens with zero attached hydrogens (tertiary/aromatic N) is 4. The van der Waals surface area contributed by atoms with E-state index in [0.29, 0.717) is 19.6 Å². The quantitative estimate of drug-likeness (QED) is 0.651. The van der Waals surface area contributed by atoms with Gasteiger partial charge in [-0.25, -0.2) is 4.98 Å². The molecule has 0 N–H and O–H groups in total. The van der Waals surface area contributed by atoms with Gasteiger partial charge >= 0.3 is 0 Å². The van der Waals surface area contributed by atoms with Crippen molar-refractivity contribution < 1.29 is 14.3 Å². The Labute approximate surface area is 190 Å². The fraction of sp³-hybridized carbons (Fsp3) is 0.560. The van der Waals surface area contributed by atoms with Crippen LogP contribution in [0.15, 0.2) is 36.5 Å². The third-order valence-corrected chi connectivity index (χ3v) is 6.34. The number of rotatable bonds is 7. The number of ether oxygens (including phenoxy) is 2. The molecule has 1 aromatic carbocycles. The number of aromatic nitrogens is 2. The molecule has 0 unspecified atom stereocenters. The maximum atomic E-state index is 11.4. The lowest BCUT2D eigenvalue weighted by atomic mass is 9.96. The third-order valence-electron chi connectivity index (χ3n) is 6.34. The molecule has 2 aromatic rings. The van der Waals surface area contributed by atoms with E-state index in [4.69, 9.17) is 14.5 Å². The molecule has 32 heavy (non-hydrogen) atoms. The number of hydrogen-bond donors (Lipinski definition) is 0. The normalized spacial score (nSPS) is 24.4. The van der Waals surface area contributed by atoms with Crippen molar-refractivity contribution in [3.63, 3.8) is 0 Å². The second-order valence-electron chi connectivity index (χ2n) is 9.21. The summed E-state index contributed by atoms with van der Waals surface area (Å²) in [7, 11) is 0. The van der Waals surface area contributed by atoms with Crippen LogP contribution in [0.4, 0.5) is 11.8 Å². The van der Waals surface area contributed by atoms with Crippen LogP contribution < -0.4 is 14.5 Å². The average Bonchev–Trinajstić information content (AvgIpc) is 3.22. The van der Waals surface area contributed by atoms with Gasteiger partial charge in [-0.1, -0.05) is 19.1 Å². The van der Waals surface area contributed by atoms with Gasteiger partial charge in [-0.2, -0.15) is 4.98 Å². The summed E-state index contributed by atoms with van der Waals surface area (Å²) >= 11 is 0. The van der Waals surface area contributed by atoms with Gasteiger partial charge in [0.2, 0.25) is 5.95 Å². The summed E-state index contributed by atoms with van der Waals surface area (Å²) in [4.78, 5) is 25.3. The molecule has 0 saturated carbocycles. The third kappa shape index (κ3) is 5.21. The fourth-order valence-electron chi connectivity index (χ4n) is 4.69. The van der Waals surface area contributed by atoms with Crippen LogP contribution in [-0.4, -0.2) is 60.2 Å². The molecule has 0 bridgehead atoms. The summed E-state index contributed by atoms with van der Waals surface area (Å²) < 4.78 is 11.9. The largest absolute Gasteiger partial charge is 0.489 e. The van der Waals surface area contributed by atoms with Crippen molar-refractivity contribution in [1.82, 2.24) is 9.97 Å². The van der Waals surface area contributed by atoms with Gasteiger partial charge in [-0.3, -0.25) is 0 Å². The van der Waals surface area contributed by atoms with Gasteiger partial charge in [0.1, 0.15) is 23.5 Å². The van der Waals surface area contributed by atoms with Gasteiger partial charge in [0.05, 0.1) is 31.8 Å². The highest BCUT2D eigenvalue weighted by atomic mass is 16.5. The van der Waals surface area contributed by atoms with Crippen molar-refractivity contribution in [2.45, 2.75) is 64.6 Å². The van der Waals surface area contributed by atoms with Crippen molar-refractivity contribution in [2.75, 3.05) is 36.1 Å². The second kappa shape index (κ2) is 9.86. The Bertz CT molecular complexity index is 910. The van der Waals surface area contributed by atoms with Gasteiger partial charge < -0.3 is 24.1 Å². The first-order valence-electron chi connectivity index (χ1n) is 11.6. The summed E-state index contributed by atoms with van der Waals surface area (Å²) in [5.74, 6) is 3.03. The smallest absolute Gasteiger partial charge is 0.227 e. The van der Waals surface area contributed by atoms with Crippen LogP contribution in [0.25, 0.3) is 0 Å². The number of Topliss-reactive ketones (excluding diaryl/α,β-unsaturated/α-hetero) is 1. The number of benzene rings is 1. The molecule has 2 aliphatic rings. The molecule has 3 heterocycles.